The second-order valence-corrected chi connectivity index (χ2v) is 5.49. The van der Waals surface area contributed by atoms with Crippen molar-refractivity contribution >= 4 is 31.6 Å². The standard InChI is InChI=1S/C8H10BrNO4S/c1-14-7-4-5(10-15(2,12)13)3-6(9)8(7)11/h3-4,10-11H,1-2H3. The number of aromatic hydroxyl groups is 1. The maximum absolute atomic E-state index is 11.0. The Kier molecular flexibility index (Phi) is 3.46. The molecule has 0 unspecified atom stereocenters. The molecule has 7 heteroatoms. The summed E-state index contributed by atoms with van der Waals surface area (Å²) in [4.78, 5) is 0. The van der Waals surface area contributed by atoms with Crippen molar-refractivity contribution in [1.29, 1.82) is 0 Å². The molecule has 0 atom stereocenters. The maximum Gasteiger partial charge on any atom is 0.229 e. The molecule has 0 bridgehead atoms. The quantitative estimate of drug-likeness (QED) is 0.830. The highest BCUT2D eigenvalue weighted by Crippen LogP contribution is 2.37. The molecule has 0 saturated heterocycles. The summed E-state index contributed by atoms with van der Waals surface area (Å²) in [7, 11) is -1.96. The molecule has 1 aromatic carbocycles. The molecule has 1 rings (SSSR count). The van der Waals surface area contributed by atoms with Gasteiger partial charge in [-0.05, 0) is 22.0 Å². The molecular weight excluding hydrogens is 286 g/mol. The molecule has 0 aliphatic carbocycles. The summed E-state index contributed by atoms with van der Waals surface area (Å²) < 4.78 is 29.4. The SMILES string of the molecule is COc1cc(NS(C)(=O)=O)cc(Br)c1O. The number of ether oxygens (including phenoxy) is 1. The van der Waals surface area contributed by atoms with Crippen molar-refractivity contribution in [2.24, 2.45) is 0 Å². The van der Waals surface area contributed by atoms with Crippen LogP contribution in [-0.4, -0.2) is 26.9 Å². The van der Waals surface area contributed by atoms with E-state index in [9.17, 15) is 13.5 Å². The Morgan fingerprint density at radius 1 is 1.47 bits per heavy atom. The number of nitrogens with one attached hydrogen (secondary N) is 1. The molecule has 0 radical (unpaired) electrons. The lowest BCUT2D eigenvalue weighted by atomic mass is 10.3. The molecule has 1 aromatic rings. The smallest absolute Gasteiger partial charge is 0.229 e. The fourth-order valence-electron chi connectivity index (χ4n) is 1.00. The Morgan fingerprint density at radius 3 is 2.53 bits per heavy atom. The van der Waals surface area contributed by atoms with E-state index in [4.69, 9.17) is 4.74 Å². The van der Waals surface area contributed by atoms with Crippen LogP contribution in [0, 0.1) is 0 Å². The first-order valence-corrected chi connectivity index (χ1v) is 6.56. The molecule has 0 aliphatic rings. The van der Waals surface area contributed by atoms with Crippen molar-refractivity contribution in [3.05, 3.63) is 16.6 Å². The van der Waals surface area contributed by atoms with E-state index >= 15 is 0 Å². The first-order valence-electron chi connectivity index (χ1n) is 3.88. The summed E-state index contributed by atoms with van der Waals surface area (Å²) in [5.74, 6) is 0.118. The first kappa shape index (κ1) is 12.1. The van der Waals surface area contributed by atoms with Gasteiger partial charge in [0.05, 0.1) is 23.5 Å². The molecule has 0 fully saturated rings. The Hall–Kier alpha value is -0.950. The molecule has 0 heterocycles. The molecule has 0 amide bonds. The van der Waals surface area contributed by atoms with E-state index in [2.05, 4.69) is 20.7 Å². The number of hydrogen-bond acceptors (Lipinski definition) is 4. The number of phenols is 1. The van der Waals surface area contributed by atoms with E-state index in [1.54, 1.807) is 0 Å². The second kappa shape index (κ2) is 4.28. The van der Waals surface area contributed by atoms with Crippen LogP contribution in [0.1, 0.15) is 0 Å². The van der Waals surface area contributed by atoms with E-state index in [1.165, 1.54) is 19.2 Å². The average Bonchev–Trinajstić information content (AvgIpc) is 2.08. The molecule has 2 N–H and O–H groups in total. The fourth-order valence-corrected chi connectivity index (χ4v) is 1.99. The highest BCUT2D eigenvalue weighted by molar-refractivity contribution is 9.10. The molecule has 5 nitrogen and oxygen atoms in total. The van der Waals surface area contributed by atoms with E-state index in [-0.39, 0.29) is 11.5 Å². The first-order chi connectivity index (χ1) is 6.83. The van der Waals surface area contributed by atoms with Crippen LogP contribution in [0.2, 0.25) is 0 Å². The average molecular weight is 296 g/mol. The third kappa shape index (κ3) is 3.28. The van der Waals surface area contributed by atoms with Crippen LogP contribution in [0.15, 0.2) is 16.6 Å². The van der Waals surface area contributed by atoms with E-state index in [1.807, 2.05) is 0 Å². The predicted octanol–water partition coefficient (Wildman–Crippen LogP) is 1.53. The van der Waals surface area contributed by atoms with Gasteiger partial charge >= 0.3 is 0 Å². The molecule has 0 saturated carbocycles. The molecule has 84 valence electrons. The number of phenolic OH excluding ortho intramolecular Hbond substituents is 1. The largest absolute Gasteiger partial charge is 0.503 e. The third-order valence-electron chi connectivity index (χ3n) is 1.55. The van der Waals surface area contributed by atoms with Gasteiger partial charge in [0.15, 0.2) is 11.5 Å². The van der Waals surface area contributed by atoms with Crippen molar-refractivity contribution in [2.45, 2.75) is 0 Å². The molecule has 0 spiro atoms. The minimum absolute atomic E-state index is 0.0726. The summed E-state index contributed by atoms with van der Waals surface area (Å²) in [5, 5.41) is 9.47. The maximum atomic E-state index is 11.0. The minimum Gasteiger partial charge on any atom is -0.503 e. The van der Waals surface area contributed by atoms with Gasteiger partial charge in [-0.2, -0.15) is 0 Å². The Labute approximate surface area is 96.2 Å². The van der Waals surface area contributed by atoms with Crippen molar-refractivity contribution in [3.8, 4) is 11.5 Å². The third-order valence-corrected chi connectivity index (χ3v) is 2.76. The molecular formula is C8H10BrNO4S. The summed E-state index contributed by atoms with van der Waals surface area (Å²) in [6.45, 7) is 0. The predicted molar refractivity (Wildman–Crippen MR) is 60.8 cm³/mol. The number of halogens is 1. The Bertz CT molecular complexity index is 472. The van der Waals surface area contributed by atoms with Gasteiger partial charge in [0.2, 0.25) is 10.0 Å². The van der Waals surface area contributed by atoms with Crippen LogP contribution in [0.3, 0.4) is 0 Å². The van der Waals surface area contributed by atoms with E-state index in [0.717, 1.165) is 6.26 Å². The molecule has 0 aromatic heterocycles. The topological polar surface area (TPSA) is 75.6 Å². The van der Waals surface area contributed by atoms with Gasteiger partial charge in [0.1, 0.15) is 0 Å². The van der Waals surface area contributed by atoms with Gasteiger partial charge < -0.3 is 9.84 Å². The van der Waals surface area contributed by atoms with Gasteiger partial charge in [-0.3, -0.25) is 4.72 Å². The highest BCUT2D eigenvalue weighted by atomic mass is 79.9. The van der Waals surface area contributed by atoms with Crippen LogP contribution in [-0.2, 0) is 10.0 Å². The monoisotopic (exact) mass is 295 g/mol. The van der Waals surface area contributed by atoms with Gasteiger partial charge in [0, 0.05) is 6.07 Å². The Morgan fingerprint density at radius 2 is 2.07 bits per heavy atom. The van der Waals surface area contributed by atoms with Crippen molar-refractivity contribution in [3.63, 3.8) is 0 Å². The number of rotatable bonds is 3. The normalized spacial score (nSPS) is 11.1. The fraction of sp³-hybridized carbons (Fsp3) is 0.250. The van der Waals surface area contributed by atoms with Crippen molar-refractivity contribution < 1.29 is 18.3 Å². The van der Waals surface area contributed by atoms with Crippen molar-refractivity contribution in [2.75, 3.05) is 18.1 Å². The minimum atomic E-state index is -3.34. The van der Waals surface area contributed by atoms with E-state index in [0.29, 0.717) is 10.2 Å². The van der Waals surface area contributed by atoms with Gasteiger partial charge in [-0.25, -0.2) is 8.42 Å². The van der Waals surface area contributed by atoms with Crippen LogP contribution in [0.25, 0.3) is 0 Å². The number of methoxy groups -OCH3 is 1. The van der Waals surface area contributed by atoms with Gasteiger partial charge in [-0.15, -0.1) is 0 Å². The second-order valence-electron chi connectivity index (χ2n) is 2.88. The van der Waals surface area contributed by atoms with Crippen LogP contribution in [0.4, 0.5) is 5.69 Å². The van der Waals surface area contributed by atoms with E-state index < -0.39 is 10.0 Å². The summed E-state index contributed by atoms with van der Waals surface area (Å²) in [6, 6.07) is 2.83. The van der Waals surface area contributed by atoms with Gasteiger partial charge in [0.25, 0.3) is 0 Å². The van der Waals surface area contributed by atoms with Gasteiger partial charge in [-0.1, -0.05) is 0 Å². The highest BCUT2D eigenvalue weighted by Gasteiger charge is 2.10. The molecule has 0 aliphatic heterocycles. The zero-order chi connectivity index (χ0) is 11.6. The number of benzene rings is 1. The molecule has 15 heavy (non-hydrogen) atoms. The van der Waals surface area contributed by atoms with Crippen LogP contribution >= 0.6 is 15.9 Å². The lowest BCUT2D eigenvalue weighted by Crippen LogP contribution is -2.09. The summed E-state index contributed by atoms with van der Waals surface area (Å²) >= 11 is 3.08. The van der Waals surface area contributed by atoms with Crippen molar-refractivity contribution in [1.82, 2.24) is 0 Å². The number of anilines is 1. The lowest BCUT2D eigenvalue weighted by molar-refractivity contribution is 0.372. The summed E-state index contributed by atoms with van der Waals surface area (Å²) in [6.07, 6.45) is 1.04. The summed E-state index contributed by atoms with van der Waals surface area (Å²) in [5.41, 5.74) is 0.319. The number of hydrogen-bond donors (Lipinski definition) is 2. The lowest BCUT2D eigenvalue weighted by Gasteiger charge is -2.09. The van der Waals surface area contributed by atoms with Crippen LogP contribution < -0.4 is 9.46 Å². The number of sulfonamides is 1. The zero-order valence-corrected chi connectivity index (χ0v) is 10.5. The van der Waals surface area contributed by atoms with Crippen LogP contribution in [0.5, 0.6) is 11.5 Å². The zero-order valence-electron chi connectivity index (χ0n) is 8.11. The Balaban J connectivity index is 3.17.